The van der Waals surface area contributed by atoms with Crippen LogP contribution in [0.3, 0.4) is 0 Å². The third kappa shape index (κ3) is 5.40. The topological polar surface area (TPSA) is 78.5 Å². The zero-order valence-electron chi connectivity index (χ0n) is 20.6. The van der Waals surface area contributed by atoms with Crippen LogP contribution in [-0.2, 0) is 11.3 Å². The van der Waals surface area contributed by atoms with Crippen LogP contribution in [-0.4, -0.2) is 35.7 Å². The van der Waals surface area contributed by atoms with Crippen LogP contribution in [0.4, 0.5) is 0 Å². The van der Waals surface area contributed by atoms with Crippen LogP contribution >= 0.6 is 0 Å². The van der Waals surface area contributed by atoms with E-state index in [1.165, 1.54) is 0 Å². The molecule has 1 N–H and O–H groups in total. The second kappa shape index (κ2) is 11.0. The van der Waals surface area contributed by atoms with Gasteiger partial charge >= 0.3 is 0 Å². The molecule has 2 aromatic carbocycles. The first-order valence-electron chi connectivity index (χ1n) is 11.8. The lowest BCUT2D eigenvalue weighted by molar-refractivity contribution is -0.116. The van der Waals surface area contributed by atoms with Crippen molar-refractivity contribution < 1.29 is 18.7 Å². The number of carbonyl (C=O) groups excluding carboxylic acids is 1. The van der Waals surface area contributed by atoms with Gasteiger partial charge in [0.1, 0.15) is 17.1 Å². The van der Waals surface area contributed by atoms with Gasteiger partial charge in [-0.2, -0.15) is 0 Å². The van der Waals surface area contributed by atoms with Crippen LogP contribution in [0, 0.1) is 6.92 Å². The Hall–Kier alpha value is -4.00. The zero-order valence-corrected chi connectivity index (χ0v) is 20.6. The number of fused-ring (bicyclic) bond motifs is 1. The van der Waals surface area contributed by atoms with Crippen molar-refractivity contribution in [3.63, 3.8) is 0 Å². The van der Waals surface area contributed by atoms with Crippen LogP contribution in [0.1, 0.15) is 31.4 Å². The van der Waals surface area contributed by atoms with Crippen molar-refractivity contribution >= 4 is 22.4 Å². The summed E-state index contributed by atoms with van der Waals surface area (Å²) in [6.07, 6.45) is 9.65. The lowest BCUT2D eigenvalue weighted by atomic mass is 9.96. The maximum absolute atomic E-state index is 12.6. The van der Waals surface area contributed by atoms with E-state index in [1.807, 2.05) is 61.9 Å². The number of aromatic nitrogens is 2. The maximum atomic E-state index is 12.6. The van der Waals surface area contributed by atoms with Crippen LogP contribution in [0.15, 0.2) is 65.8 Å². The van der Waals surface area contributed by atoms with Crippen molar-refractivity contribution in [1.29, 1.82) is 0 Å². The molecule has 0 radical (unpaired) electrons. The molecule has 2 aromatic heterocycles. The van der Waals surface area contributed by atoms with E-state index in [0.717, 1.165) is 63.3 Å². The van der Waals surface area contributed by atoms with E-state index < -0.39 is 0 Å². The first kappa shape index (κ1) is 24.1. The van der Waals surface area contributed by atoms with Gasteiger partial charge in [-0.15, -0.1) is 0 Å². The van der Waals surface area contributed by atoms with Gasteiger partial charge in [0.2, 0.25) is 5.91 Å². The van der Waals surface area contributed by atoms with Crippen LogP contribution in [0.5, 0.6) is 11.5 Å². The summed E-state index contributed by atoms with van der Waals surface area (Å²) in [6.45, 7) is 7.76. The highest BCUT2D eigenvalue weighted by Gasteiger charge is 2.19. The number of benzene rings is 2. The molecule has 0 unspecified atom stereocenters. The number of aryl methyl sites for hydroxylation is 2. The summed E-state index contributed by atoms with van der Waals surface area (Å²) in [6, 6.07) is 9.92. The Balaban J connectivity index is 1.62. The molecular formula is C28H31N3O4. The first-order valence-corrected chi connectivity index (χ1v) is 11.8. The minimum atomic E-state index is -0.131. The number of allylic oxidation sites excluding steroid dienone is 1. The smallest absolute Gasteiger partial charge is 0.244 e. The lowest BCUT2D eigenvalue weighted by Crippen LogP contribution is -2.23. The Bertz CT molecular complexity index is 1340. The predicted octanol–water partition coefficient (Wildman–Crippen LogP) is 5.62. The van der Waals surface area contributed by atoms with E-state index in [0.29, 0.717) is 13.2 Å². The fourth-order valence-corrected chi connectivity index (χ4v) is 4.17. The molecule has 182 valence electrons. The summed E-state index contributed by atoms with van der Waals surface area (Å²) < 4.78 is 19.4. The van der Waals surface area contributed by atoms with Crippen LogP contribution < -0.4 is 14.8 Å². The molecule has 0 atom stereocenters. The average Bonchev–Trinajstić information content (AvgIpc) is 3.53. The fraction of sp³-hybridized carbons (Fsp3) is 0.286. The number of nitrogens with one attached hydrogen (secondary N) is 1. The third-order valence-electron chi connectivity index (χ3n) is 5.94. The van der Waals surface area contributed by atoms with Gasteiger partial charge in [0.25, 0.3) is 0 Å². The number of carbonyl (C=O) groups is 1. The van der Waals surface area contributed by atoms with Gasteiger partial charge in [-0.3, -0.25) is 4.79 Å². The molecule has 4 aromatic rings. The third-order valence-corrected chi connectivity index (χ3v) is 5.94. The molecule has 7 heteroatoms. The number of methoxy groups -OCH3 is 1. The SMILES string of the molecule is CCOc1c(/C(C)=C/C(=O)NCCCn2ccnc2)cc2c(-c3cccc(OC)c3)coc2c1C. The van der Waals surface area contributed by atoms with E-state index in [-0.39, 0.29) is 5.91 Å². The van der Waals surface area contributed by atoms with E-state index in [1.54, 1.807) is 32.0 Å². The first-order chi connectivity index (χ1) is 17.0. The maximum Gasteiger partial charge on any atom is 0.244 e. The molecule has 0 saturated carbocycles. The Morgan fingerprint density at radius 3 is 2.89 bits per heavy atom. The monoisotopic (exact) mass is 473 g/mol. The second-order valence-corrected chi connectivity index (χ2v) is 8.34. The predicted molar refractivity (Wildman–Crippen MR) is 138 cm³/mol. The molecule has 0 saturated heterocycles. The van der Waals surface area contributed by atoms with Crippen molar-refractivity contribution in [2.45, 2.75) is 33.7 Å². The van der Waals surface area contributed by atoms with E-state index >= 15 is 0 Å². The molecule has 7 nitrogen and oxygen atoms in total. The van der Waals surface area contributed by atoms with Gasteiger partial charge in [-0.1, -0.05) is 12.1 Å². The van der Waals surface area contributed by atoms with Gasteiger partial charge < -0.3 is 23.8 Å². The molecule has 35 heavy (non-hydrogen) atoms. The molecule has 0 aliphatic heterocycles. The van der Waals surface area contributed by atoms with E-state index in [4.69, 9.17) is 13.9 Å². The lowest BCUT2D eigenvalue weighted by Gasteiger charge is -2.15. The molecule has 0 aliphatic rings. The van der Waals surface area contributed by atoms with Crippen molar-refractivity contribution in [2.24, 2.45) is 0 Å². The highest BCUT2D eigenvalue weighted by molar-refractivity contribution is 6.01. The Labute approximate surface area is 205 Å². The number of hydrogen-bond acceptors (Lipinski definition) is 5. The highest BCUT2D eigenvalue weighted by atomic mass is 16.5. The normalized spacial score (nSPS) is 11.6. The van der Waals surface area contributed by atoms with E-state index in [9.17, 15) is 4.79 Å². The van der Waals surface area contributed by atoms with Crippen molar-refractivity contribution in [2.75, 3.05) is 20.3 Å². The molecule has 0 fully saturated rings. The minimum absolute atomic E-state index is 0.131. The summed E-state index contributed by atoms with van der Waals surface area (Å²) in [4.78, 5) is 16.7. The van der Waals surface area contributed by atoms with Gasteiger partial charge in [-0.05, 0) is 56.5 Å². The number of ether oxygens (including phenoxy) is 2. The van der Waals surface area contributed by atoms with E-state index in [2.05, 4.69) is 10.3 Å². The number of nitrogens with zero attached hydrogens (tertiary/aromatic N) is 2. The molecule has 0 spiro atoms. The number of furan rings is 1. The standard InChI is InChI=1S/C28H31N3O4/c1-5-34-27-20(3)28-24(25(17-35-28)21-8-6-9-22(15-21)33-4)16-23(27)19(2)14-26(32)30-10-7-12-31-13-11-29-18-31/h6,8-9,11,13-18H,5,7,10,12H2,1-4H3,(H,30,32)/b19-14+. The quantitative estimate of drug-likeness (QED) is 0.239. The molecule has 0 bridgehead atoms. The molecule has 4 rings (SSSR count). The second-order valence-electron chi connectivity index (χ2n) is 8.34. The summed E-state index contributed by atoms with van der Waals surface area (Å²) in [5, 5.41) is 3.93. The highest BCUT2D eigenvalue weighted by Crippen LogP contribution is 2.41. The molecule has 1 amide bonds. The van der Waals surface area contributed by atoms with Gasteiger partial charge in [0.15, 0.2) is 0 Å². The summed E-state index contributed by atoms with van der Waals surface area (Å²) in [7, 11) is 1.65. The van der Waals surface area contributed by atoms with Crippen molar-refractivity contribution in [3.8, 4) is 22.6 Å². The number of imidazole rings is 1. The van der Waals surface area contributed by atoms with Gasteiger partial charge in [0.05, 0.1) is 26.3 Å². The number of hydrogen-bond donors (Lipinski definition) is 1. The number of amides is 1. The Kier molecular flexibility index (Phi) is 7.55. The summed E-state index contributed by atoms with van der Waals surface area (Å²) >= 11 is 0. The molecule has 2 heterocycles. The van der Waals surface area contributed by atoms with Crippen LogP contribution in [0.2, 0.25) is 0 Å². The number of rotatable bonds is 10. The minimum Gasteiger partial charge on any atom is -0.497 e. The summed E-state index contributed by atoms with van der Waals surface area (Å²) in [5.41, 5.74) is 5.33. The van der Waals surface area contributed by atoms with Crippen molar-refractivity contribution in [1.82, 2.24) is 14.9 Å². The largest absolute Gasteiger partial charge is 0.497 e. The Morgan fingerprint density at radius 2 is 2.14 bits per heavy atom. The zero-order chi connectivity index (χ0) is 24.8. The molecular weight excluding hydrogens is 442 g/mol. The Morgan fingerprint density at radius 1 is 1.29 bits per heavy atom. The van der Waals surface area contributed by atoms with Gasteiger partial charge in [0, 0.05) is 53.6 Å². The molecule has 0 aliphatic carbocycles. The van der Waals surface area contributed by atoms with Crippen LogP contribution in [0.25, 0.3) is 27.7 Å². The average molecular weight is 474 g/mol. The van der Waals surface area contributed by atoms with Gasteiger partial charge in [-0.25, -0.2) is 4.98 Å². The summed E-state index contributed by atoms with van der Waals surface area (Å²) in [5.74, 6) is 1.38. The fourth-order valence-electron chi connectivity index (χ4n) is 4.17. The van der Waals surface area contributed by atoms with Crippen molar-refractivity contribution in [3.05, 3.63) is 72.5 Å².